The predicted octanol–water partition coefficient (Wildman–Crippen LogP) is 3.62. The van der Waals surface area contributed by atoms with Crippen molar-refractivity contribution in [2.24, 2.45) is 0 Å². The van der Waals surface area contributed by atoms with Gasteiger partial charge in [-0.3, -0.25) is 14.9 Å². The summed E-state index contributed by atoms with van der Waals surface area (Å²) in [7, 11) is 0. The molecular weight excluding hydrogens is 411 g/mol. The van der Waals surface area contributed by atoms with Gasteiger partial charge in [0.15, 0.2) is 10.9 Å². The minimum Gasteiger partial charge on any atom is -0.332 e. The second-order valence-corrected chi connectivity index (χ2v) is 6.09. The van der Waals surface area contributed by atoms with Crippen molar-refractivity contribution in [3.05, 3.63) is 63.2 Å². The van der Waals surface area contributed by atoms with Crippen LogP contribution in [0, 0.1) is 3.57 Å². The van der Waals surface area contributed by atoms with Crippen LogP contribution in [0.1, 0.15) is 27.6 Å². The van der Waals surface area contributed by atoms with Crippen LogP contribution in [0.25, 0.3) is 0 Å². The summed E-state index contributed by atoms with van der Waals surface area (Å²) in [5.74, 6) is -0.260. The SMILES string of the molecule is CC(=O)c1ccc(NC(=S)NC(=O)c2ccccc2I)cc1. The van der Waals surface area contributed by atoms with Crippen molar-refractivity contribution in [2.75, 3.05) is 5.32 Å². The molecule has 0 bridgehead atoms. The Labute approximate surface area is 147 Å². The van der Waals surface area contributed by atoms with Crippen molar-refractivity contribution in [2.45, 2.75) is 6.92 Å². The van der Waals surface area contributed by atoms with E-state index in [1.54, 1.807) is 36.4 Å². The van der Waals surface area contributed by atoms with Crippen LogP contribution in [0.3, 0.4) is 0 Å². The highest BCUT2D eigenvalue weighted by Crippen LogP contribution is 2.12. The first kappa shape index (κ1) is 16.6. The molecule has 112 valence electrons. The van der Waals surface area contributed by atoms with E-state index in [1.165, 1.54) is 6.92 Å². The van der Waals surface area contributed by atoms with Crippen molar-refractivity contribution in [1.29, 1.82) is 0 Å². The predicted molar refractivity (Wildman–Crippen MR) is 99.3 cm³/mol. The minimum absolute atomic E-state index is 0.00100. The highest BCUT2D eigenvalue weighted by Gasteiger charge is 2.10. The van der Waals surface area contributed by atoms with Gasteiger partial charge in [-0.1, -0.05) is 12.1 Å². The second-order valence-electron chi connectivity index (χ2n) is 4.52. The van der Waals surface area contributed by atoms with Gasteiger partial charge in [-0.25, -0.2) is 0 Å². The van der Waals surface area contributed by atoms with Crippen LogP contribution in [0.5, 0.6) is 0 Å². The summed E-state index contributed by atoms with van der Waals surface area (Å²) >= 11 is 7.23. The largest absolute Gasteiger partial charge is 0.332 e. The van der Waals surface area contributed by atoms with E-state index in [4.69, 9.17) is 12.2 Å². The molecule has 1 amide bonds. The number of Topliss-reactive ketones (excluding diaryl/α,β-unsaturated/α-hetero) is 1. The number of hydrogen-bond donors (Lipinski definition) is 2. The van der Waals surface area contributed by atoms with Gasteiger partial charge in [0.1, 0.15) is 0 Å². The Morgan fingerprint density at radius 1 is 1.05 bits per heavy atom. The van der Waals surface area contributed by atoms with E-state index in [9.17, 15) is 9.59 Å². The van der Waals surface area contributed by atoms with Crippen molar-refractivity contribution in [3.63, 3.8) is 0 Å². The van der Waals surface area contributed by atoms with Gasteiger partial charge in [0.05, 0.1) is 5.56 Å². The van der Waals surface area contributed by atoms with Crippen LogP contribution in [-0.4, -0.2) is 16.8 Å². The molecule has 0 saturated heterocycles. The van der Waals surface area contributed by atoms with E-state index >= 15 is 0 Å². The van der Waals surface area contributed by atoms with Gasteiger partial charge in [-0.05, 0) is 78.1 Å². The highest BCUT2D eigenvalue weighted by atomic mass is 127. The molecular formula is C16H13IN2O2S. The number of rotatable bonds is 3. The van der Waals surface area contributed by atoms with E-state index in [0.717, 1.165) is 3.57 Å². The summed E-state index contributed by atoms with van der Waals surface area (Å²) < 4.78 is 0.853. The quantitative estimate of drug-likeness (QED) is 0.449. The van der Waals surface area contributed by atoms with E-state index in [2.05, 4.69) is 33.2 Å². The van der Waals surface area contributed by atoms with Crippen molar-refractivity contribution >= 4 is 57.3 Å². The number of amides is 1. The first-order chi connectivity index (χ1) is 10.5. The Morgan fingerprint density at radius 2 is 1.68 bits per heavy atom. The number of ketones is 1. The molecule has 0 radical (unpaired) electrons. The van der Waals surface area contributed by atoms with Gasteiger partial charge in [-0.15, -0.1) is 0 Å². The van der Waals surface area contributed by atoms with Crippen molar-refractivity contribution in [1.82, 2.24) is 5.32 Å². The van der Waals surface area contributed by atoms with E-state index in [-0.39, 0.29) is 16.8 Å². The maximum absolute atomic E-state index is 12.1. The fourth-order valence-electron chi connectivity index (χ4n) is 1.77. The maximum atomic E-state index is 12.1. The van der Waals surface area contributed by atoms with Gasteiger partial charge in [0, 0.05) is 14.8 Å². The molecule has 0 unspecified atom stereocenters. The number of carbonyl (C=O) groups excluding carboxylic acids is 2. The summed E-state index contributed by atoms with van der Waals surface area (Å²) in [4.78, 5) is 23.3. The summed E-state index contributed by atoms with van der Waals surface area (Å²) in [6, 6.07) is 14.1. The third kappa shape index (κ3) is 4.35. The first-order valence-corrected chi connectivity index (χ1v) is 7.94. The average Bonchev–Trinajstić information content (AvgIpc) is 2.48. The van der Waals surface area contributed by atoms with Crippen LogP contribution in [-0.2, 0) is 0 Å². The lowest BCUT2D eigenvalue weighted by Gasteiger charge is -2.10. The van der Waals surface area contributed by atoms with Crippen LogP contribution in [0.2, 0.25) is 0 Å². The molecule has 0 aliphatic rings. The van der Waals surface area contributed by atoms with Crippen LogP contribution >= 0.6 is 34.8 Å². The maximum Gasteiger partial charge on any atom is 0.258 e. The Bertz CT molecular complexity index is 729. The van der Waals surface area contributed by atoms with E-state index < -0.39 is 0 Å². The molecule has 4 nitrogen and oxygen atoms in total. The zero-order valence-electron chi connectivity index (χ0n) is 11.7. The van der Waals surface area contributed by atoms with Crippen LogP contribution in [0.4, 0.5) is 5.69 Å². The molecule has 0 saturated carbocycles. The number of thiocarbonyl (C=S) groups is 1. The summed E-state index contributed by atoms with van der Waals surface area (Å²) in [5, 5.41) is 5.76. The average molecular weight is 424 g/mol. The Morgan fingerprint density at radius 3 is 2.27 bits per heavy atom. The first-order valence-electron chi connectivity index (χ1n) is 6.45. The lowest BCUT2D eigenvalue weighted by Crippen LogP contribution is -2.34. The molecule has 0 fully saturated rings. The Kier molecular flexibility index (Phi) is 5.62. The Balaban J connectivity index is 1.99. The normalized spacial score (nSPS) is 9.91. The summed E-state index contributed by atoms with van der Waals surface area (Å²) in [5.41, 5.74) is 1.90. The molecule has 2 aromatic carbocycles. The molecule has 0 aliphatic heterocycles. The number of carbonyl (C=O) groups is 2. The minimum atomic E-state index is -0.261. The number of hydrogen-bond acceptors (Lipinski definition) is 3. The van der Waals surface area contributed by atoms with E-state index in [1.807, 2.05) is 12.1 Å². The standard InChI is InChI=1S/C16H13IN2O2S/c1-10(20)11-6-8-12(9-7-11)18-16(22)19-15(21)13-4-2-3-5-14(13)17/h2-9H,1H3,(H2,18,19,21,22). The molecule has 2 N–H and O–H groups in total. The van der Waals surface area contributed by atoms with Gasteiger partial charge in [0.2, 0.25) is 0 Å². The molecule has 0 atom stereocenters. The second kappa shape index (κ2) is 7.46. The third-order valence-electron chi connectivity index (χ3n) is 2.89. The Hall–Kier alpha value is -1.80. The number of anilines is 1. The molecule has 2 rings (SSSR count). The lowest BCUT2D eigenvalue weighted by molar-refractivity contribution is 0.0975. The smallest absolute Gasteiger partial charge is 0.258 e. The molecule has 0 aliphatic carbocycles. The number of nitrogens with one attached hydrogen (secondary N) is 2. The fraction of sp³-hybridized carbons (Fsp3) is 0.0625. The lowest BCUT2D eigenvalue weighted by atomic mass is 10.1. The number of benzene rings is 2. The van der Waals surface area contributed by atoms with Crippen LogP contribution in [0.15, 0.2) is 48.5 Å². The monoisotopic (exact) mass is 424 g/mol. The van der Waals surface area contributed by atoms with Crippen molar-refractivity contribution in [3.8, 4) is 0 Å². The van der Waals surface area contributed by atoms with Gasteiger partial charge < -0.3 is 5.32 Å². The van der Waals surface area contributed by atoms with Crippen LogP contribution < -0.4 is 10.6 Å². The molecule has 0 aromatic heterocycles. The van der Waals surface area contributed by atoms with Gasteiger partial charge in [0.25, 0.3) is 5.91 Å². The van der Waals surface area contributed by atoms with Crippen molar-refractivity contribution < 1.29 is 9.59 Å². The summed E-state index contributed by atoms with van der Waals surface area (Å²) in [6.45, 7) is 1.51. The molecule has 2 aromatic rings. The highest BCUT2D eigenvalue weighted by molar-refractivity contribution is 14.1. The summed E-state index contributed by atoms with van der Waals surface area (Å²) in [6.07, 6.45) is 0. The van der Waals surface area contributed by atoms with Gasteiger partial charge in [-0.2, -0.15) is 0 Å². The zero-order valence-corrected chi connectivity index (χ0v) is 14.7. The van der Waals surface area contributed by atoms with Gasteiger partial charge >= 0.3 is 0 Å². The molecule has 6 heteroatoms. The molecule has 22 heavy (non-hydrogen) atoms. The zero-order chi connectivity index (χ0) is 16.1. The number of halogens is 1. The van der Waals surface area contributed by atoms with E-state index in [0.29, 0.717) is 16.8 Å². The fourth-order valence-corrected chi connectivity index (χ4v) is 2.61. The third-order valence-corrected chi connectivity index (χ3v) is 4.04. The topological polar surface area (TPSA) is 58.2 Å². The molecule has 0 spiro atoms. The molecule has 0 heterocycles.